The van der Waals surface area contributed by atoms with Gasteiger partial charge in [-0.2, -0.15) is 5.10 Å². The van der Waals surface area contributed by atoms with Crippen LogP contribution >= 0.6 is 11.6 Å². The number of hydrogen-bond donors (Lipinski definition) is 0. The molecule has 0 spiro atoms. The number of benzene rings is 1. The summed E-state index contributed by atoms with van der Waals surface area (Å²) in [6.45, 7) is 7.60. The van der Waals surface area contributed by atoms with E-state index in [1.54, 1.807) is 11.8 Å². The number of rotatable bonds is 11. The Hall–Kier alpha value is -2.25. The molecule has 4 rings (SSSR count). The van der Waals surface area contributed by atoms with Crippen LogP contribution in [0.15, 0.2) is 54.9 Å². The molecule has 35 heavy (non-hydrogen) atoms. The Morgan fingerprint density at radius 3 is 2.49 bits per heavy atom. The fraction of sp³-hybridized carbons (Fsp3) is 0.500. The summed E-state index contributed by atoms with van der Waals surface area (Å²) in [7, 11) is 3.70. The van der Waals surface area contributed by atoms with Gasteiger partial charge in [0.2, 0.25) is 0 Å². The van der Waals surface area contributed by atoms with Gasteiger partial charge in [-0.1, -0.05) is 48.0 Å². The molecule has 3 aromatic rings. The average molecular weight is 496 g/mol. The highest BCUT2D eigenvalue weighted by Crippen LogP contribution is 2.30. The highest BCUT2D eigenvalue weighted by Gasteiger charge is 2.31. The molecule has 0 amide bonds. The number of methoxy groups -OCH3 is 1. The molecule has 0 saturated carbocycles. The van der Waals surface area contributed by atoms with Crippen LogP contribution in [0.1, 0.15) is 35.2 Å². The number of aromatic nitrogens is 3. The van der Waals surface area contributed by atoms with Gasteiger partial charge >= 0.3 is 0 Å². The predicted molar refractivity (Wildman–Crippen MR) is 141 cm³/mol. The minimum Gasteiger partial charge on any atom is -0.383 e. The van der Waals surface area contributed by atoms with Crippen LogP contribution in [-0.4, -0.2) is 64.0 Å². The number of halogens is 1. The average Bonchev–Trinajstić information content (AvgIpc) is 3.13. The van der Waals surface area contributed by atoms with E-state index in [-0.39, 0.29) is 0 Å². The Balaban J connectivity index is 1.49. The molecule has 6 nitrogen and oxygen atoms in total. The van der Waals surface area contributed by atoms with Gasteiger partial charge in [0.05, 0.1) is 12.3 Å². The normalized spacial score (nSPS) is 16.1. The van der Waals surface area contributed by atoms with Crippen molar-refractivity contribution in [2.45, 2.75) is 45.3 Å². The van der Waals surface area contributed by atoms with Gasteiger partial charge in [-0.05, 0) is 62.4 Å². The zero-order chi connectivity index (χ0) is 24.6. The molecule has 0 aliphatic carbocycles. The number of nitrogens with zero attached hydrogens (tertiary/aromatic N) is 5. The lowest BCUT2D eigenvalue weighted by Gasteiger charge is -2.41. The van der Waals surface area contributed by atoms with Crippen molar-refractivity contribution in [3.05, 3.63) is 82.4 Å². The van der Waals surface area contributed by atoms with Crippen molar-refractivity contribution >= 4 is 11.6 Å². The maximum absolute atomic E-state index is 6.52. The zero-order valence-corrected chi connectivity index (χ0v) is 22.0. The standard InChI is InChI=1S/C28H38ClN5O/c1-22-26(28(29)32(2)31-22)21-33-14-11-25(12-15-33)27(18-23-8-5-4-6-9-23)34(16-17-35-3)20-24-10-7-13-30-19-24/h4-10,13,19,25,27H,11-12,14-18,20-21H2,1-3H3/t27-/m0/s1. The van der Waals surface area contributed by atoms with Crippen LogP contribution in [0.4, 0.5) is 0 Å². The maximum Gasteiger partial charge on any atom is 0.131 e. The first kappa shape index (κ1) is 25.8. The molecule has 0 N–H and O–H groups in total. The Bertz CT molecular complexity index is 1030. The molecule has 0 unspecified atom stereocenters. The smallest absolute Gasteiger partial charge is 0.131 e. The fourth-order valence-corrected chi connectivity index (χ4v) is 5.55. The van der Waals surface area contributed by atoms with Crippen LogP contribution in [0.3, 0.4) is 0 Å². The molecular weight excluding hydrogens is 458 g/mol. The molecule has 1 fully saturated rings. The van der Waals surface area contributed by atoms with Crippen molar-refractivity contribution in [3.63, 3.8) is 0 Å². The summed E-state index contributed by atoms with van der Waals surface area (Å²) >= 11 is 6.52. The van der Waals surface area contributed by atoms with Crippen molar-refractivity contribution in [3.8, 4) is 0 Å². The molecule has 3 heterocycles. The second kappa shape index (κ2) is 12.6. The van der Waals surface area contributed by atoms with Crippen molar-refractivity contribution < 1.29 is 4.74 Å². The molecule has 1 aromatic carbocycles. The number of hydrogen-bond acceptors (Lipinski definition) is 5. The van der Waals surface area contributed by atoms with Crippen LogP contribution in [0, 0.1) is 12.8 Å². The Morgan fingerprint density at radius 2 is 1.86 bits per heavy atom. The van der Waals surface area contributed by atoms with Gasteiger partial charge in [0.15, 0.2) is 0 Å². The lowest BCUT2D eigenvalue weighted by molar-refractivity contribution is 0.0570. The number of likely N-dealkylation sites (tertiary alicyclic amines) is 1. The molecule has 1 aliphatic rings. The van der Waals surface area contributed by atoms with Gasteiger partial charge in [-0.25, -0.2) is 0 Å². The quantitative estimate of drug-likeness (QED) is 0.384. The van der Waals surface area contributed by atoms with Gasteiger partial charge in [0, 0.05) is 57.8 Å². The van der Waals surface area contributed by atoms with Crippen LogP contribution in [0.5, 0.6) is 0 Å². The van der Waals surface area contributed by atoms with E-state index in [1.807, 2.05) is 25.5 Å². The monoisotopic (exact) mass is 495 g/mol. The Labute approximate surface area is 214 Å². The number of aryl methyl sites for hydroxylation is 2. The second-order valence-electron chi connectivity index (χ2n) is 9.67. The van der Waals surface area contributed by atoms with E-state index in [9.17, 15) is 0 Å². The maximum atomic E-state index is 6.52. The summed E-state index contributed by atoms with van der Waals surface area (Å²) in [6, 6.07) is 15.6. The first-order chi connectivity index (χ1) is 17.0. The summed E-state index contributed by atoms with van der Waals surface area (Å²) in [5, 5.41) is 5.25. The number of pyridine rings is 1. The van der Waals surface area contributed by atoms with Crippen LogP contribution in [0.25, 0.3) is 0 Å². The minimum atomic E-state index is 0.443. The van der Waals surface area contributed by atoms with Gasteiger partial charge in [-0.15, -0.1) is 0 Å². The third-order valence-corrected chi connectivity index (χ3v) is 7.75. The fourth-order valence-electron chi connectivity index (χ4n) is 5.32. The molecule has 1 atom stereocenters. The molecule has 2 aromatic heterocycles. The third-order valence-electron chi connectivity index (χ3n) is 7.28. The van der Waals surface area contributed by atoms with Gasteiger partial charge < -0.3 is 4.74 Å². The molecule has 188 valence electrons. The summed E-state index contributed by atoms with van der Waals surface area (Å²) in [5.41, 5.74) is 4.84. The summed E-state index contributed by atoms with van der Waals surface area (Å²) < 4.78 is 7.30. The second-order valence-corrected chi connectivity index (χ2v) is 10.0. The molecule has 0 bridgehead atoms. The van der Waals surface area contributed by atoms with Gasteiger partial charge in [-0.3, -0.25) is 19.5 Å². The Kier molecular flexibility index (Phi) is 9.32. The third kappa shape index (κ3) is 6.91. The lowest BCUT2D eigenvalue weighted by atomic mass is 9.84. The van der Waals surface area contributed by atoms with Crippen molar-refractivity contribution in [2.24, 2.45) is 13.0 Å². The largest absolute Gasteiger partial charge is 0.383 e. The summed E-state index contributed by atoms with van der Waals surface area (Å²) in [6.07, 6.45) is 7.22. The molecular formula is C28H38ClN5O. The van der Waals surface area contributed by atoms with E-state index < -0.39 is 0 Å². The van der Waals surface area contributed by atoms with Crippen molar-refractivity contribution in [2.75, 3.05) is 33.4 Å². The first-order valence-corrected chi connectivity index (χ1v) is 13.0. The van der Waals surface area contributed by atoms with Crippen LogP contribution < -0.4 is 0 Å². The zero-order valence-electron chi connectivity index (χ0n) is 21.2. The van der Waals surface area contributed by atoms with Crippen molar-refractivity contribution in [1.29, 1.82) is 0 Å². The molecule has 1 saturated heterocycles. The van der Waals surface area contributed by atoms with E-state index in [0.29, 0.717) is 12.0 Å². The van der Waals surface area contributed by atoms with E-state index in [2.05, 4.69) is 63.2 Å². The van der Waals surface area contributed by atoms with E-state index in [0.717, 1.165) is 62.2 Å². The molecule has 0 radical (unpaired) electrons. The van der Waals surface area contributed by atoms with Crippen LogP contribution in [-0.2, 0) is 31.3 Å². The highest BCUT2D eigenvalue weighted by molar-refractivity contribution is 6.30. The molecule has 1 aliphatic heterocycles. The van der Waals surface area contributed by atoms with Gasteiger partial charge in [0.25, 0.3) is 0 Å². The Morgan fingerprint density at radius 1 is 1.11 bits per heavy atom. The predicted octanol–water partition coefficient (Wildman–Crippen LogP) is 4.75. The number of piperidine rings is 1. The van der Waals surface area contributed by atoms with Crippen molar-refractivity contribution in [1.82, 2.24) is 24.6 Å². The van der Waals surface area contributed by atoms with E-state index >= 15 is 0 Å². The summed E-state index contributed by atoms with van der Waals surface area (Å²) in [5.74, 6) is 0.616. The lowest BCUT2D eigenvalue weighted by Crippen LogP contribution is -2.47. The SMILES string of the molecule is COCCN(Cc1cccnc1)[C@@H](Cc1ccccc1)C1CCN(Cc2c(C)nn(C)c2Cl)CC1. The van der Waals surface area contributed by atoms with E-state index in [4.69, 9.17) is 16.3 Å². The first-order valence-electron chi connectivity index (χ1n) is 12.6. The molecule has 7 heteroatoms. The van der Waals surface area contributed by atoms with Gasteiger partial charge in [0.1, 0.15) is 5.15 Å². The topological polar surface area (TPSA) is 46.4 Å². The minimum absolute atomic E-state index is 0.443. The summed E-state index contributed by atoms with van der Waals surface area (Å²) in [4.78, 5) is 9.51. The number of ether oxygens (including phenoxy) is 1. The highest BCUT2D eigenvalue weighted by atomic mass is 35.5. The van der Waals surface area contributed by atoms with E-state index in [1.165, 1.54) is 24.0 Å². The van der Waals surface area contributed by atoms with Crippen LogP contribution in [0.2, 0.25) is 5.15 Å².